The van der Waals surface area contributed by atoms with Crippen molar-refractivity contribution in [3.8, 4) is 17.2 Å². The number of benzene rings is 3. The van der Waals surface area contributed by atoms with Gasteiger partial charge in [-0.3, -0.25) is 10.2 Å². The van der Waals surface area contributed by atoms with Crippen LogP contribution in [0.5, 0.6) is 17.2 Å². The zero-order valence-corrected chi connectivity index (χ0v) is 22.0. The van der Waals surface area contributed by atoms with E-state index >= 15 is 0 Å². The average Bonchev–Trinajstić information content (AvgIpc) is 3.33. The van der Waals surface area contributed by atoms with Crippen LogP contribution in [-0.4, -0.2) is 47.3 Å². The van der Waals surface area contributed by atoms with Gasteiger partial charge in [0, 0.05) is 5.56 Å². The molecule has 0 fully saturated rings. The van der Waals surface area contributed by atoms with Crippen molar-refractivity contribution in [2.24, 2.45) is 10.1 Å². The van der Waals surface area contributed by atoms with Crippen LogP contribution in [0.1, 0.15) is 22.3 Å². The SMILES string of the molecule is COc1cc(/C=C2\C(=N)N3N=C(c4ccccc4)SC3=NC2=O)ccc1OCCOc1cc(C)cc(C)c1. The Morgan fingerprint density at radius 3 is 2.42 bits per heavy atom. The molecule has 3 aromatic rings. The fraction of sp³-hybridized carbons (Fsp3) is 0.172. The van der Waals surface area contributed by atoms with E-state index in [1.165, 1.54) is 16.8 Å². The number of hydrogen-bond donors (Lipinski definition) is 1. The lowest BCUT2D eigenvalue weighted by Gasteiger charge is -2.20. The number of thioether (sulfide) groups is 1. The van der Waals surface area contributed by atoms with Crippen LogP contribution < -0.4 is 14.2 Å². The summed E-state index contributed by atoms with van der Waals surface area (Å²) < 4.78 is 17.2. The highest BCUT2D eigenvalue weighted by Crippen LogP contribution is 2.33. The van der Waals surface area contributed by atoms with Crippen LogP contribution in [0.25, 0.3) is 6.08 Å². The second kappa shape index (κ2) is 10.9. The summed E-state index contributed by atoms with van der Waals surface area (Å²) in [5, 5.41) is 15.6. The topological polar surface area (TPSA) is 96.6 Å². The normalized spacial score (nSPS) is 15.8. The van der Waals surface area contributed by atoms with Crippen molar-refractivity contribution >= 4 is 39.8 Å². The quantitative estimate of drug-likeness (QED) is 0.310. The molecule has 0 atom stereocenters. The molecule has 9 heteroatoms. The molecule has 0 spiro atoms. The molecule has 5 rings (SSSR count). The van der Waals surface area contributed by atoms with E-state index in [0.29, 0.717) is 40.5 Å². The highest BCUT2D eigenvalue weighted by atomic mass is 32.2. The van der Waals surface area contributed by atoms with Gasteiger partial charge in [0.25, 0.3) is 5.91 Å². The first-order valence-corrected chi connectivity index (χ1v) is 12.8. The van der Waals surface area contributed by atoms with Gasteiger partial charge in [-0.1, -0.05) is 42.5 Å². The predicted octanol–water partition coefficient (Wildman–Crippen LogP) is 5.44. The molecule has 8 nitrogen and oxygen atoms in total. The van der Waals surface area contributed by atoms with Crippen molar-refractivity contribution in [1.29, 1.82) is 5.41 Å². The highest BCUT2D eigenvalue weighted by molar-refractivity contribution is 8.27. The fourth-order valence-electron chi connectivity index (χ4n) is 4.08. The highest BCUT2D eigenvalue weighted by Gasteiger charge is 2.36. The smallest absolute Gasteiger partial charge is 0.283 e. The van der Waals surface area contributed by atoms with E-state index in [9.17, 15) is 4.79 Å². The molecule has 1 N–H and O–H groups in total. The lowest BCUT2D eigenvalue weighted by molar-refractivity contribution is -0.114. The third-order valence-corrected chi connectivity index (χ3v) is 6.74. The fourth-order valence-corrected chi connectivity index (χ4v) is 4.97. The Morgan fingerprint density at radius 2 is 1.68 bits per heavy atom. The van der Waals surface area contributed by atoms with Gasteiger partial charge in [0.1, 0.15) is 24.0 Å². The summed E-state index contributed by atoms with van der Waals surface area (Å²) in [4.78, 5) is 17.0. The lowest BCUT2D eigenvalue weighted by Crippen LogP contribution is -2.35. The van der Waals surface area contributed by atoms with Gasteiger partial charge in [0.2, 0.25) is 5.17 Å². The first-order valence-electron chi connectivity index (χ1n) is 12.0. The number of hydrogen-bond acceptors (Lipinski definition) is 7. The number of carbonyl (C=O) groups is 1. The van der Waals surface area contributed by atoms with Crippen molar-refractivity contribution in [3.63, 3.8) is 0 Å². The van der Waals surface area contributed by atoms with Crippen LogP contribution in [0.4, 0.5) is 0 Å². The minimum atomic E-state index is -0.485. The summed E-state index contributed by atoms with van der Waals surface area (Å²) in [6.45, 7) is 4.78. The van der Waals surface area contributed by atoms with Gasteiger partial charge in [-0.15, -0.1) is 0 Å². The molecule has 0 bridgehead atoms. The predicted molar refractivity (Wildman–Crippen MR) is 150 cm³/mol. The van der Waals surface area contributed by atoms with Crippen molar-refractivity contribution in [3.05, 3.63) is 94.6 Å². The van der Waals surface area contributed by atoms with E-state index < -0.39 is 5.91 Å². The summed E-state index contributed by atoms with van der Waals surface area (Å²) in [5.74, 6) is 1.35. The van der Waals surface area contributed by atoms with Crippen LogP contribution in [0, 0.1) is 19.3 Å². The molecule has 0 saturated carbocycles. The minimum absolute atomic E-state index is 0.0266. The number of rotatable bonds is 8. The van der Waals surface area contributed by atoms with E-state index in [1.54, 1.807) is 31.4 Å². The Labute approximate surface area is 225 Å². The van der Waals surface area contributed by atoms with Crippen LogP contribution in [0.2, 0.25) is 0 Å². The molecule has 1 amide bonds. The Kier molecular flexibility index (Phi) is 7.28. The Hall–Kier alpha value is -4.37. The summed E-state index contributed by atoms with van der Waals surface area (Å²) >= 11 is 1.27. The molecule has 0 radical (unpaired) electrons. The number of nitrogens with zero attached hydrogens (tertiary/aromatic N) is 3. The van der Waals surface area contributed by atoms with Gasteiger partial charge in [0.15, 0.2) is 17.3 Å². The number of fused-ring (bicyclic) bond motifs is 1. The first kappa shape index (κ1) is 25.3. The Morgan fingerprint density at radius 1 is 0.947 bits per heavy atom. The van der Waals surface area contributed by atoms with Gasteiger partial charge in [-0.2, -0.15) is 15.1 Å². The van der Waals surface area contributed by atoms with E-state index in [-0.39, 0.29) is 11.4 Å². The van der Waals surface area contributed by atoms with Crippen LogP contribution in [-0.2, 0) is 4.79 Å². The van der Waals surface area contributed by atoms with Crippen molar-refractivity contribution in [2.75, 3.05) is 20.3 Å². The summed E-state index contributed by atoms with van der Waals surface area (Å²) in [6, 6.07) is 21.0. The molecule has 2 aliphatic heterocycles. The molecule has 2 aliphatic rings. The maximum Gasteiger partial charge on any atom is 0.283 e. The van der Waals surface area contributed by atoms with Gasteiger partial charge in [-0.25, -0.2) is 0 Å². The third-order valence-electron chi connectivity index (χ3n) is 5.78. The molecule has 192 valence electrons. The number of ether oxygens (including phenoxy) is 3. The van der Waals surface area contributed by atoms with Gasteiger partial charge in [-0.05, 0) is 72.6 Å². The number of methoxy groups -OCH3 is 1. The van der Waals surface area contributed by atoms with Gasteiger partial charge < -0.3 is 14.2 Å². The standard InChI is InChI=1S/C29H26N4O4S/c1-18-13-19(2)15-22(14-18)36-11-12-37-24-10-9-20(17-25(24)35-3)16-23-26(30)33-29(31-27(23)34)38-28(32-33)21-7-5-4-6-8-21/h4-10,13-17,30H,11-12H2,1-3H3/b23-16+,30-26?. The van der Waals surface area contributed by atoms with E-state index in [1.807, 2.05) is 56.3 Å². The number of carbonyl (C=O) groups excluding carboxylic acids is 1. The summed E-state index contributed by atoms with van der Waals surface area (Å²) in [5.41, 5.74) is 4.01. The second-order valence-electron chi connectivity index (χ2n) is 8.72. The van der Waals surface area contributed by atoms with E-state index in [0.717, 1.165) is 22.4 Å². The van der Waals surface area contributed by atoms with Gasteiger partial charge >= 0.3 is 0 Å². The number of aryl methyl sites for hydroxylation is 2. The average molecular weight is 527 g/mol. The van der Waals surface area contributed by atoms with Gasteiger partial charge in [0.05, 0.1) is 12.7 Å². The van der Waals surface area contributed by atoms with Crippen molar-refractivity contribution in [1.82, 2.24) is 5.01 Å². The molecule has 0 saturated heterocycles. The molecule has 2 heterocycles. The summed E-state index contributed by atoms with van der Waals surface area (Å²) in [6.07, 6.45) is 1.61. The second-order valence-corrected chi connectivity index (χ2v) is 9.68. The number of hydrazone groups is 1. The largest absolute Gasteiger partial charge is 0.493 e. The maximum absolute atomic E-state index is 12.8. The molecule has 0 aliphatic carbocycles. The maximum atomic E-state index is 12.8. The zero-order valence-electron chi connectivity index (χ0n) is 21.2. The van der Waals surface area contributed by atoms with Crippen LogP contribution >= 0.6 is 11.8 Å². The van der Waals surface area contributed by atoms with Crippen molar-refractivity contribution in [2.45, 2.75) is 13.8 Å². The zero-order chi connectivity index (χ0) is 26.6. The summed E-state index contributed by atoms with van der Waals surface area (Å²) in [7, 11) is 1.55. The molecule has 38 heavy (non-hydrogen) atoms. The molecular weight excluding hydrogens is 500 g/mol. The molecule has 0 aromatic heterocycles. The number of amidine groups is 2. The number of aliphatic imine (C=N–C) groups is 1. The van der Waals surface area contributed by atoms with Crippen LogP contribution in [0.15, 0.2) is 82.4 Å². The Balaban J connectivity index is 1.28. The lowest BCUT2D eigenvalue weighted by atomic mass is 10.1. The van der Waals surface area contributed by atoms with E-state index in [2.05, 4.69) is 16.2 Å². The monoisotopic (exact) mass is 526 g/mol. The molecule has 3 aromatic carbocycles. The number of nitrogens with one attached hydrogen (secondary N) is 1. The first-order chi connectivity index (χ1) is 18.4. The third kappa shape index (κ3) is 5.47. The Bertz CT molecular complexity index is 1480. The van der Waals surface area contributed by atoms with Crippen LogP contribution in [0.3, 0.4) is 0 Å². The minimum Gasteiger partial charge on any atom is -0.493 e. The van der Waals surface area contributed by atoms with Crippen molar-refractivity contribution < 1.29 is 19.0 Å². The van der Waals surface area contributed by atoms with E-state index in [4.69, 9.17) is 19.6 Å². The number of amides is 1. The molecule has 0 unspecified atom stereocenters. The molecular formula is C29H26N4O4S.